The van der Waals surface area contributed by atoms with Crippen molar-refractivity contribution >= 4 is 23.3 Å². The number of hydrogen-bond acceptors (Lipinski definition) is 4. The Labute approximate surface area is 137 Å². The quantitative estimate of drug-likeness (QED) is 0.916. The molecule has 23 heavy (non-hydrogen) atoms. The molecular formula is C16H15ClFN3O2. The largest absolute Gasteiger partial charge is 0.384 e. The molecule has 1 atom stereocenters. The van der Waals surface area contributed by atoms with Crippen molar-refractivity contribution in [2.24, 2.45) is 0 Å². The normalized spacial score (nSPS) is 18.0. The Bertz CT molecular complexity index is 741. The van der Waals surface area contributed by atoms with Gasteiger partial charge in [-0.25, -0.2) is 9.37 Å². The highest BCUT2D eigenvalue weighted by Gasteiger charge is 2.27. The van der Waals surface area contributed by atoms with Crippen LogP contribution in [0.25, 0.3) is 0 Å². The van der Waals surface area contributed by atoms with E-state index in [9.17, 15) is 9.18 Å². The summed E-state index contributed by atoms with van der Waals surface area (Å²) in [6.45, 7) is 1.19. The Hall–Kier alpha value is -2.18. The molecule has 5 nitrogen and oxygen atoms in total. The number of carbonyl (C=O) groups is 1. The maximum Gasteiger partial charge on any atom is 0.254 e. The van der Waals surface area contributed by atoms with Crippen molar-refractivity contribution in [3.63, 3.8) is 0 Å². The Morgan fingerprint density at radius 2 is 2.22 bits per heavy atom. The molecule has 0 bridgehead atoms. The summed E-state index contributed by atoms with van der Waals surface area (Å²) in [6, 6.07) is 9.24. The molecule has 1 aliphatic rings. The first-order valence-corrected chi connectivity index (χ1v) is 7.51. The number of anilines is 1. The van der Waals surface area contributed by atoms with E-state index in [-0.39, 0.29) is 17.0 Å². The van der Waals surface area contributed by atoms with Crippen LogP contribution in [-0.2, 0) is 4.74 Å². The summed E-state index contributed by atoms with van der Waals surface area (Å²) < 4.78 is 18.9. The molecule has 0 spiro atoms. The van der Waals surface area contributed by atoms with Gasteiger partial charge in [-0.3, -0.25) is 4.79 Å². The van der Waals surface area contributed by atoms with Crippen LogP contribution in [0.3, 0.4) is 0 Å². The molecule has 0 saturated carbocycles. The van der Waals surface area contributed by atoms with Crippen molar-refractivity contribution in [3.8, 4) is 0 Å². The molecule has 1 unspecified atom stereocenters. The molecule has 2 N–H and O–H groups in total. The van der Waals surface area contributed by atoms with Crippen molar-refractivity contribution in [2.75, 3.05) is 25.4 Å². The minimum Gasteiger partial charge on any atom is -0.384 e. The van der Waals surface area contributed by atoms with Gasteiger partial charge in [-0.2, -0.15) is 0 Å². The average molecular weight is 336 g/mol. The number of halogens is 2. The number of carbonyl (C=O) groups excluding carboxylic acids is 1. The third-order valence-electron chi connectivity index (χ3n) is 3.64. The van der Waals surface area contributed by atoms with Crippen molar-refractivity contribution in [2.45, 2.75) is 6.10 Å². The molecule has 1 aromatic carbocycles. The summed E-state index contributed by atoms with van der Waals surface area (Å²) in [7, 11) is 0. The highest BCUT2D eigenvalue weighted by atomic mass is 35.5. The Balaban J connectivity index is 1.77. The first kappa shape index (κ1) is 15.7. The molecule has 2 aromatic rings. The molecule has 0 radical (unpaired) electrons. The molecular weight excluding hydrogens is 321 g/mol. The van der Waals surface area contributed by atoms with Crippen molar-refractivity contribution < 1.29 is 13.9 Å². The monoisotopic (exact) mass is 335 g/mol. The molecule has 1 fully saturated rings. The van der Waals surface area contributed by atoms with E-state index in [0.717, 1.165) is 0 Å². The van der Waals surface area contributed by atoms with Crippen LogP contribution in [0, 0.1) is 5.82 Å². The molecule has 120 valence electrons. The number of rotatable bonds is 2. The number of nitrogen functional groups attached to an aromatic ring is 1. The van der Waals surface area contributed by atoms with E-state index >= 15 is 0 Å². The predicted octanol–water partition coefficient (Wildman–Crippen LogP) is 2.67. The van der Waals surface area contributed by atoms with Gasteiger partial charge in [0.2, 0.25) is 0 Å². The standard InChI is InChI=1S/C16H15ClFN3O2/c17-11-8-10(4-5-12(11)18)16(22)21-6-7-23-14(9-21)13-2-1-3-15(19)20-13/h1-5,8,14H,6-7,9H2,(H2,19,20). The topological polar surface area (TPSA) is 68.5 Å². The molecule has 1 aromatic heterocycles. The van der Waals surface area contributed by atoms with Crippen molar-refractivity contribution in [1.29, 1.82) is 0 Å². The van der Waals surface area contributed by atoms with Gasteiger partial charge in [0, 0.05) is 12.1 Å². The van der Waals surface area contributed by atoms with Gasteiger partial charge < -0.3 is 15.4 Å². The lowest BCUT2D eigenvalue weighted by Crippen LogP contribution is -2.42. The number of pyridine rings is 1. The summed E-state index contributed by atoms with van der Waals surface area (Å²) >= 11 is 5.74. The number of nitrogens with zero attached hydrogens (tertiary/aromatic N) is 2. The van der Waals surface area contributed by atoms with Crippen LogP contribution in [0.15, 0.2) is 36.4 Å². The van der Waals surface area contributed by atoms with Crippen LogP contribution in [0.1, 0.15) is 22.2 Å². The maximum absolute atomic E-state index is 13.2. The van der Waals surface area contributed by atoms with Gasteiger partial charge in [0.05, 0.1) is 23.9 Å². The third-order valence-corrected chi connectivity index (χ3v) is 3.93. The van der Waals surface area contributed by atoms with E-state index in [1.54, 1.807) is 17.0 Å². The van der Waals surface area contributed by atoms with Crippen LogP contribution >= 0.6 is 11.6 Å². The lowest BCUT2D eigenvalue weighted by molar-refractivity contribution is -0.0246. The smallest absolute Gasteiger partial charge is 0.254 e. The zero-order chi connectivity index (χ0) is 16.4. The van der Waals surface area contributed by atoms with Gasteiger partial charge in [0.1, 0.15) is 17.7 Å². The van der Waals surface area contributed by atoms with Gasteiger partial charge in [0.15, 0.2) is 0 Å². The number of amides is 1. The predicted molar refractivity (Wildman–Crippen MR) is 84.7 cm³/mol. The zero-order valence-corrected chi connectivity index (χ0v) is 13.0. The number of ether oxygens (including phenoxy) is 1. The van der Waals surface area contributed by atoms with Crippen molar-refractivity contribution in [1.82, 2.24) is 9.88 Å². The Morgan fingerprint density at radius 1 is 1.39 bits per heavy atom. The van der Waals surface area contributed by atoms with Gasteiger partial charge in [0.25, 0.3) is 5.91 Å². The first-order valence-electron chi connectivity index (χ1n) is 7.13. The minimum absolute atomic E-state index is 0.0711. The molecule has 1 aliphatic heterocycles. The SMILES string of the molecule is Nc1cccc(C2CN(C(=O)c3ccc(F)c(Cl)c3)CCO2)n1. The lowest BCUT2D eigenvalue weighted by Gasteiger charge is -2.32. The number of morpholine rings is 1. The highest BCUT2D eigenvalue weighted by molar-refractivity contribution is 6.31. The highest BCUT2D eigenvalue weighted by Crippen LogP contribution is 2.23. The zero-order valence-electron chi connectivity index (χ0n) is 12.2. The van der Waals surface area contributed by atoms with E-state index in [0.29, 0.717) is 36.8 Å². The van der Waals surface area contributed by atoms with Gasteiger partial charge in [-0.05, 0) is 30.3 Å². The van der Waals surface area contributed by atoms with Crippen LogP contribution < -0.4 is 5.73 Å². The van der Waals surface area contributed by atoms with E-state index < -0.39 is 5.82 Å². The second kappa shape index (κ2) is 6.52. The number of hydrogen-bond donors (Lipinski definition) is 1. The summed E-state index contributed by atoms with van der Waals surface area (Å²) in [5.74, 6) is -0.365. The Morgan fingerprint density at radius 3 is 2.96 bits per heavy atom. The van der Waals surface area contributed by atoms with E-state index in [1.165, 1.54) is 18.2 Å². The van der Waals surface area contributed by atoms with E-state index in [4.69, 9.17) is 22.1 Å². The molecule has 1 amide bonds. The molecule has 0 aliphatic carbocycles. The second-order valence-corrected chi connectivity index (χ2v) is 5.63. The second-order valence-electron chi connectivity index (χ2n) is 5.23. The fraction of sp³-hybridized carbons (Fsp3) is 0.250. The molecule has 2 heterocycles. The summed E-state index contributed by atoms with van der Waals surface area (Å²) in [6.07, 6.45) is -0.341. The van der Waals surface area contributed by atoms with Crippen molar-refractivity contribution in [3.05, 3.63) is 58.5 Å². The van der Waals surface area contributed by atoms with Gasteiger partial charge in [-0.15, -0.1) is 0 Å². The number of nitrogens with two attached hydrogens (primary N) is 1. The Kier molecular flexibility index (Phi) is 4.45. The fourth-order valence-corrected chi connectivity index (χ4v) is 2.65. The number of aromatic nitrogens is 1. The minimum atomic E-state index is -0.549. The van der Waals surface area contributed by atoms with Crippen LogP contribution in [0.4, 0.5) is 10.2 Å². The summed E-state index contributed by atoms with van der Waals surface area (Å²) in [5.41, 5.74) is 6.71. The van der Waals surface area contributed by atoms with E-state index in [1.807, 2.05) is 6.07 Å². The van der Waals surface area contributed by atoms with Crippen LogP contribution in [0.2, 0.25) is 5.02 Å². The first-order chi connectivity index (χ1) is 11.0. The summed E-state index contributed by atoms with van der Waals surface area (Å²) in [4.78, 5) is 18.4. The molecule has 7 heteroatoms. The van der Waals surface area contributed by atoms with Gasteiger partial charge >= 0.3 is 0 Å². The van der Waals surface area contributed by atoms with Gasteiger partial charge in [-0.1, -0.05) is 17.7 Å². The maximum atomic E-state index is 13.2. The third kappa shape index (κ3) is 3.43. The molecule has 3 rings (SSSR count). The summed E-state index contributed by atoms with van der Waals surface area (Å²) in [5, 5.41) is -0.0711. The van der Waals surface area contributed by atoms with Crippen LogP contribution in [0.5, 0.6) is 0 Å². The number of benzene rings is 1. The van der Waals surface area contributed by atoms with Crippen LogP contribution in [-0.4, -0.2) is 35.5 Å². The molecule has 1 saturated heterocycles. The van der Waals surface area contributed by atoms with E-state index in [2.05, 4.69) is 4.98 Å². The fourth-order valence-electron chi connectivity index (χ4n) is 2.47. The lowest BCUT2D eigenvalue weighted by atomic mass is 10.1. The average Bonchev–Trinajstić information content (AvgIpc) is 2.57.